The van der Waals surface area contributed by atoms with Gasteiger partial charge in [0.15, 0.2) is 11.6 Å². The van der Waals surface area contributed by atoms with E-state index in [1.54, 1.807) is 25.8 Å². The fourth-order valence-corrected chi connectivity index (χ4v) is 2.41. The lowest BCUT2D eigenvalue weighted by Gasteiger charge is -2.21. The third-order valence-corrected chi connectivity index (χ3v) is 3.65. The van der Waals surface area contributed by atoms with Gasteiger partial charge in [0, 0.05) is 25.0 Å². The Labute approximate surface area is 149 Å². The first kappa shape index (κ1) is 19.6. The molecule has 1 aromatic heterocycles. The normalized spacial score (nSPS) is 10.7. The number of nitrogens with zero attached hydrogens (tertiary/aromatic N) is 2. The average molecular weight is 366 g/mol. The third kappa shape index (κ3) is 4.44. The van der Waals surface area contributed by atoms with Crippen molar-refractivity contribution in [3.05, 3.63) is 35.4 Å². The molecule has 0 aliphatic heterocycles. The van der Waals surface area contributed by atoms with Crippen LogP contribution >= 0.6 is 0 Å². The van der Waals surface area contributed by atoms with E-state index in [9.17, 15) is 18.4 Å². The molecule has 0 atom stereocenters. The number of hydrogen-bond acceptors (Lipinski definition) is 6. The van der Waals surface area contributed by atoms with E-state index in [4.69, 9.17) is 9.47 Å². The predicted molar refractivity (Wildman–Crippen MR) is 92.1 cm³/mol. The minimum absolute atomic E-state index is 0.0874. The molecular formula is C18H20F2N2O4. The zero-order chi connectivity index (χ0) is 19.3. The molecule has 140 valence electrons. The molecule has 2 rings (SSSR count). The maximum Gasteiger partial charge on any atom is 0.341 e. The van der Waals surface area contributed by atoms with Crippen molar-refractivity contribution in [1.82, 2.24) is 4.98 Å². The molecular weight excluding hydrogens is 346 g/mol. The van der Waals surface area contributed by atoms with Crippen molar-refractivity contribution < 1.29 is 27.8 Å². The Balaban J connectivity index is 2.43. The second-order valence-corrected chi connectivity index (χ2v) is 5.52. The summed E-state index contributed by atoms with van der Waals surface area (Å²) in [6, 6.07) is 3.34. The Morgan fingerprint density at radius 1 is 1.08 bits per heavy atom. The number of hydrogen-bond donors (Lipinski definition) is 0. The molecule has 0 unspecified atom stereocenters. The van der Waals surface area contributed by atoms with Gasteiger partial charge in [-0.05, 0) is 26.0 Å². The number of aromatic nitrogens is 1. The van der Waals surface area contributed by atoms with Crippen molar-refractivity contribution in [2.24, 2.45) is 0 Å². The molecule has 0 spiro atoms. The van der Waals surface area contributed by atoms with Crippen LogP contribution in [0.4, 0.5) is 14.6 Å². The van der Waals surface area contributed by atoms with Gasteiger partial charge in [-0.1, -0.05) is 0 Å². The van der Waals surface area contributed by atoms with Gasteiger partial charge >= 0.3 is 11.9 Å². The van der Waals surface area contributed by atoms with E-state index in [1.807, 2.05) is 0 Å². The van der Waals surface area contributed by atoms with Crippen molar-refractivity contribution in [2.75, 3.05) is 31.7 Å². The van der Waals surface area contributed by atoms with Crippen LogP contribution in [0.25, 0.3) is 10.9 Å². The Morgan fingerprint density at radius 3 is 2.38 bits per heavy atom. The standard InChI is InChI=1S/C18H20F2N2O4/c1-4-25-16(23)6-7-22(3)17-12(18(24)26-5-2)8-11-9-13(19)14(20)10-15(11)21-17/h8-10H,4-7H2,1-3H3. The zero-order valence-corrected chi connectivity index (χ0v) is 14.8. The first-order valence-electron chi connectivity index (χ1n) is 8.21. The van der Waals surface area contributed by atoms with Gasteiger partial charge in [0.05, 0.1) is 25.2 Å². The third-order valence-electron chi connectivity index (χ3n) is 3.65. The van der Waals surface area contributed by atoms with Gasteiger partial charge in [0.2, 0.25) is 0 Å². The van der Waals surface area contributed by atoms with Crippen molar-refractivity contribution in [3.63, 3.8) is 0 Å². The topological polar surface area (TPSA) is 68.7 Å². The minimum Gasteiger partial charge on any atom is -0.466 e. The largest absolute Gasteiger partial charge is 0.466 e. The number of benzene rings is 1. The molecule has 0 N–H and O–H groups in total. The summed E-state index contributed by atoms with van der Waals surface area (Å²) < 4.78 is 36.9. The lowest BCUT2D eigenvalue weighted by molar-refractivity contribution is -0.142. The second-order valence-electron chi connectivity index (χ2n) is 5.52. The summed E-state index contributed by atoms with van der Waals surface area (Å²) >= 11 is 0. The molecule has 2 aromatic rings. The summed E-state index contributed by atoms with van der Waals surface area (Å²) in [6.07, 6.45) is 0.0874. The molecule has 6 nitrogen and oxygen atoms in total. The van der Waals surface area contributed by atoms with E-state index in [-0.39, 0.29) is 54.4 Å². The molecule has 1 aromatic carbocycles. The summed E-state index contributed by atoms with van der Waals surface area (Å²) in [5.74, 6) is -2.87. The maximum absolute atomic E-state index is 13.5. The monoisotopic (exact) mass is 366 g/mol. The SMILES string of the molecule is CCOC(=O)CCN(C)c1nc2cc(F)c(F)cc2cc1C(=O)OCC. The van der Waals surface area contributed by atoms with Gasteiger partial charge in [-0.15, -0.1) is 0 Å². The number of ether oxygens (including phenoxy) is 2. The number of esters is 2. The summed E-state index contributed by atoms with van der Waals surface area (Å²) in [6.45, 7) is 4.02. The van der Waals surface area contributed by atoms with E-state index in [0.717, 1.165) is 12.1 Å². The Morgan fingerprint density at radius 2 is 1.73 bits per heavy atom. The Kier molecular flexibility index (Phi) is 6.43. The molecule has 1 heterocycles. The van der Waals surface area contributed by atoms with Gasteiger partial charge in [0.1, 0.15) is 11.4 Å². The van der Waals surface area contributed by atoms with Gasteiger partial charge < -0.3 is 14.4 Å². The van der Waals surface area contributed by atoms with Crippen LogP contribution < -0.4 is 4.90 Å². The van der Waals surface area contributed by atoms with Gasteiger partial charge in [-0.2, -0.15) is 0 Å². The lowest BCUT2D eigenvalue weighted by Crippen LogP contribution is -2.25. The fraction of sp³-hybridized carbons (Fsp3) is 0.389. The highest BCUT2D eigenvalue weighted by molar-refractivity contribution is 5.99. The van der Waals surface area contributed by atoms with Crippen LogP contribution in [-0.4, -0.2) is 43.7 Å². The van der Waals surface area contributed by atoms with Crippen molar-refractivity contribution in [2.45, 2.75) is 20.3 Å². The predicted octanol–water partition coefficient (Wildman–Crippen LogP) is 3.08. The van der Waals surface area contributed by atoms with E-state index in [0.29, 0.717) is 0 Å². The van der Waals surface area contributed by atoms with E-state index >= 15 is 0 Å². The number of rotatable bonds is 7. The highest BCUT2D eigenvalue weighted by Crippen LogP contribution is 2.26. The number of carbonyl (C=O) groups excluding carboxylic acids is 2. The van der Waals surface area contributed by atoms with Crippen LogP contribution in [-0.2, 0) is 14.3 Å². The van der Waals surface area contributed by atoms with Crippen LogP contribution in [0, 0.1) is 11.6 Å². The number of anilines is 1. The van der Waals surface area contributed by atoms with Crippen molar-refractivity contribution in [3.8, 4) is 0 Å². The average Bonchev–Trinajstić information content (AvgIpc) is 2.60. The van der Waals surface area contributed by atoms with Crippen LogP contribution in [0.1, 0.15) is 30.6 Å². The number of carbonyl (C=O) groups is 2. The smallest absolute Gasteiger partial charge is 0.341 e. The van der Waals surface area contributed by atoms with Crippen molar-refractivity contribution >= 4 is 28.7 Å². The van der Waals surface area contributed by atoms with Crippen LogP contribution in [0.3, 0.4) is 0 Å². The number of halogens is 2. The van der Waals surface area contributed by atoms with Crippen molar-refractivity contribution in [1.29, 1.82) is 0 Å². The molecule has 0 aliphatic carbocycles. The van der Waals surface area contributed by atoms with E-state index in [2.05, 4.69) is 4.98 Å². The summed E-state index contributed by atoms with van der Waals surface area (Å²) in [4.78, 5) is 29.6. The molecule has 0 bridgehead atoms. The quantitative estimate of drug-likeness (QED) is 0.702. The zero-order valence-electron chi connectivity index (χ0n) is 14.8. The minimum atomic E-state index is -1.03. The Bertz CT molecular complexity index is 826. The van der Waals surface area contributed by atoms with Gasteiger partial charge in [0.25, 0.3) is 0 Å². The van der Waals surface area contributed by atoms with Crippen LogP contribution in [0.2, 0.25) is 0 Å². The molecule has 0 amide bonds. The van der Waals surface area contributed by atoms with E-state index in [1.165, 1.54) is 6.07 Å². The first-order valence-corrected chi connectivity index (χ1v) is 8.21. The summed E-state index contributed by atoms with van der Waals surface area (Å²) in [5, 5.41) is 0.273. The number of pyridine rings is 1. The molecule has 0 fully saturated rings. The van der Waals surface area contributed by atoms with Gasteiger partial charge in [-0.3, -0.25) is 4.79 Å². The molecule has 0 saturated heterocycles. The highest BCUT2D eigenvalue weighted by atomic mass is 19.2. The molecule has 0 aliphatic rings. The number of fused-ring (bicyclic) bond motifs is 1. The highest BCUT2D eigenvalue weighted by Gasteiger charge is 2.20. The van der Waals surface area contributed by atoms with Gasteiger partial charge in [-0.25, -0.2) is 18.6 Å². The molecule has 0 saturated carbocycles. The van der Waals surface area contributed by atoms with E-state index < -0.39 is 17.6 Å². The first-order chi connectivity index (χ1) is 12.4. The fourth-order valence-electron chi connectivity index (χ4n) is 2.41. The van der Waals surface area contributed by atoms with Crippen LogP contribution in [0.5, 0.6) is 0 Å². The summed E-state index contributed by atoms with van der Waals surface area (Å²) in [5.41, 5.74) is 0.298. The lowest BCUT2D eigenvalue weighted by atomic mass is 10.1. The Hall–Kier alpha value is -2.77. The second kappa shape index (κ2) is 8.55. The molecule has 0 radical (unpaired) electrons. The molecule has 8 heteroatoms. The summed E-state index contributed by atoms with van der Waals surface area (Å²) in [7, 11) is 1.63. The molecule has 26 heavy (non-hydrogen) atoms. The van der Waals surface area contributed by atoms with Crippen LogP contribution in [0.15, 0.2) is 18.2 Å². The maximum atomic E-state index is 13.5.